The monoisotopic (exact) mass is 359 g/mol. The number of pyridine rings is 1. The molecule has 5 nitrogen and oxygen atoms in total. The lowest BCUT2D eigenvalue weighted by molar-refractivity contribution is -0.118. The predicted octanol–water partition coefficient (Wildman–Crippen LogP) is 3.99. The van der Waals surface area contributed by atoms with Gasteiger partial charge in [0, 0.05) is 18.1 Å². The van der Waals surface area contributed by atoms with Gasteiger partial charge in [-0.15, -0.1) is 0 Å². The van der Waals surface area contributed by atoms with Gasteiger partial charge in [0.1, 0.15) is 11.6 Å². The van der Waals surface area contributed by atoms with E-state index < -0.39 is 0 Å². The summed E-state index contributed by atoms with van der Waals surface area (Å²) >= 11 is 5.81. The number of anilines is 2. The number of carbonyl (C=O) groups is 1. The fraction of sp³-hybridized carbons (Fsp3) is 0.368. The summed E-state index contributed by atoms with van der Waals surface area (Å²) < 4.78 is 5.42. The van der Waals surface area contributed by atoms with Gasteiger partial charge in [-0.25, -0.2) is 4.98 Å². The van der Waals surface area contributed by atoms with E-state index in [9.17, 15) is 4.79 Å². The van der Waals surface area contributed by atoms with Crippen LogP contribution in [0.15, 0.2) is 42.6 Å². The van der Waals surface area contributed by atoms with Crippen LogP contribution in [0.5, 0.6) is 5.75 Å². The van der Waals surface area contributed by atoms with Crippen LogP contribution in [0.3, 0.4) is 0 Å². The van der Waals surface area contributed by atoms with Gasteiger partial charge in [-0.3, -0.25) is 4.79 Å². The number of hydrogen-bond acceptors (Lipinski definition) is 4. The zero-order chi connectivity index (χ0) is 17.6. The number of halogens is 1. The molecule has 2 heterocycles. The maximum absolute atomic E-state index is 12.0. The van der Waals surface area contributed by atoms with E-state index in [1.165, 1.54) is 12.8 Å². The van der Waals surface area contributed by atoms with Crippen molar-refractivity contribution in [1.82, 2.24) is 4.98 Å². The van der Waals surface area contributed by atoms with Crippen LogP contribution in [0.2, 0.25) is 5.02 Å². The van der Waals surface area contributed by atoms with Crippen LogP contribution in [0.25, 0.3) is 0 Å². The molecule has 6 heteroatoms. The number of amides is 1. The van der Waals surface area contributed by atoms with Crippen LogP contribution in [0, 0.1) is 5.92 Å². The third-order valence-electron chi connectivity index (χ3n) is 4.35. The first-order chi connectivity index (χ1) is 12.1. The second-order valence-corrected chi connectivity index (χ2v) is 6.80. The van der Waals surface area contributed by atoms with E-state index in [-0.39, 0.29) is 12.5 Å². The highest BCUT2D eigenvalue weighted by atomic mass is 35.5. The highest BCUT2D eigenvalue weighted by Crippen LogP contribution is 2.23. The van der Waals surface area contributed by atoms with Crippen molar-refractivity contribution < 1.29 is 9.53 Å². The van der Waals surface area contributed by atoms with Crippen molar-refractivity contribution in [2.24, 2.45) is 5.92 Å². The Morgan fingerprint density at radius 2 is 1.96 bits per heavy atom. The Morgan fingerprint density at radius 1 is 1.24 bits per heavy atom. The lowest BCUT2D eigenvalue weighted by atomic mass is 9.99. The minimum absolute atomic E-state index is 0.0743. The van der Waals surface area contributed by atoms with Crippen LogP contribution in [0.4, 0.5) is 11.5 Å². The van der Waals surface area contributed by atoms with Crippen molar-refractivity contribution in [3.63, 3.8) is 0 Å². The number of nitrogens with one attached hydrogen (secondary N) is 1. The van der Waals surface area contributed by atoms with Crippen molar-refractivity contribution in [2.75, 3.05) is 29.9 Å². The number of piperidine rings is 1. The summed E-state index contributed by atoms with van der Waals surface area (Å²) in [4.78, 5) is 18.6. The van der Waals surface area contributed by atoms with Crippen molar-refractivity contribution in [3.05, 3.63) is 47.6 Å². The average Bonchev–Trinajstić information content (AvgIpc) is 2.63. The van der Waals surface area contributed by atoms with Gasteiger partial charge < -0.3 is 15.0 Å². The van der Waals surface area contributed by atoms with Gasteiger partial charge in [0.05, 0.1) is 11.9 Å². The Bertz CT molecular complexity index is 696. The Hall–Kier alpha value is -2.27. The lowest BCUT2D eigenvalue weighted by Crippen LogP contribution is -2.32. The smallest absolute Gasteiger partial charge is 0.263 e. The van der Waals surface area contributed by atoms with Gasteiger partial charge in [0.2, 0.25) is 0 Å². The van der Waals surface area contributed by atoms with Crippen molar-refractivity contribution in [1.29, 1.82) is 0 Å². The Kier molecular flexibility index (Phi) is 5.76. The van der Waals surface area contributed by atoms with Gasteiger partial charge in [0.25, 0.3) is 5.91 Å². The molecule has 0 atom stereocenters. The van der Waals surface area contributed by atoms with E-state index in [0.29, 0.717) is 16.6 Å². The first-order valence-electron chi connectivity index (χ1n) is 8.49. The average molecular weight is 360 g/mol. The molecule has 1 aromatic carbocycles. The molecule has 1 aliphatic heterocycles. The molecule has 1 aromatic heterocycles. The summed E-state index contributed by atoms with van der Waals surface area (Å²) in [5.74, 6) is 1.67. The lowest BCUT2D eigenvalue weighted by Gasteiger charge is -2.31. The van der Waals surface area contributed by atoms with E-state index in [0.717, 1.165) is 24.7 Å². The highest BCUT2D eigenvalue weighted by molar-refractivity contribution is 6.30. The summed E-state index contributed by atoms with van der Waals surface area (Å²) in [6.07, 6.45) is 4.23. The molecule has 0 radical (unpaired) electrons. The molecule has 1 amide bonds. The molecule has 1 N–H and O–H groups in total. The highest BCUT2D eigenvalue weighted by Gasteiger charge is 2.16. The topological polar surface area (TPSA) is 54.5 Å². The fourth-order valence-corrected chi connectivity index (χ4v) is 2.90. The Labute approximate surface area is 153 Å². The van der Waals surface area contributed by atoms with Crippen LogP contribution in [0.1, 0.15) is 19.8 Å². The minimum Gasteiger partial charge on any atom is -0.484 e. The van der Waals surface area contributed by atoms with Crippen molar-refractivity contribution >= 4 is 29.0 Å². The normalized spacial score (nSPS) is 15.0. The van der Waals surface area contributed by atoms with Gasteiger partial charge in [-0.05, 0) is 55.2 Å². The summed E-state index contributed by atoms with van der Waals surface area (Å²) in [7, 11) is 0. The van der Waals surface area contributed by atoms with Gasteiger partial charge in [-0.1, -0.05) is 18.5 Å². The van der Waals surface area contributed by atoms with Crippen LogP contribution in [-0.2, 0) is 4.79 Å². The largest absolute Gasteiger partial charge is 0.484 e. The minimum atomic E-state index is -0.248. The molecule has 0 unspecified atom stereocenters. The molecular weight excluding hydrogens is 338 g/mol. The Balaban J connectivity index is 1.49. The maximum atomic E-state index is 12.0. The van der Waals surface area contributed by atoms with Crippen LogP contribution >= 0.6 is 11.6 Å². The van der Waals surface area contributed by atoms with E-state index in [1.807, 2.05) is 18.3 Å². The second kappa shape index (κ2) is 8.21. The molecule has 1 fully saturated rings. The summed E-state index contributed by atoms with van der Waals surface area (Å²) in [5, 5.41) is 3.37. The third-order valence-corrected chi connectivity index (χ3v) is 4.60. The predicted molar refractivity (Wildman–Crippen MR) is 100 cm³/mol. The molecule has 1 aliphatic rings. The molecule has 0 aliphatic carbocycles. The quantitative estimate of drug-likeness (QED) is 0.877. The first kappa shape index (κ1) is 17.5. The third kappa shape index (κ3) is 5.10. The van der Waals surface area contributed by atoms with E-state index >= 15 is 0 Å². The van der Waals surface area contributed by atoms with Gasteiger partial charge in [-0.2, -0.15) is 0 Å². The molecule has 132 valence electrons. The van der Waals surface area contributed by atoms with E-state index in [4.69, 9.17) is 16.3 Å². The van der Waals surface area contributed by atoms with Crippen molar-refractivity contribution in [2.45, 2.75) is 19.8 Å². The number of hydrogen-bond donors (Lipinski definition) is 1. The van der Waals surface area contributed by atoms with Crippen LogP contribution in [-0.4, -0.2) is 30.6 Å². The number of aromatic nitrogens is 1. The van der Waals surface area contributed by atoms with Gasteiger partial charge in [0.15, 0.2) is 6.61 Å². The van der Waals surface area contributed by atoms with E-state index in [2.05, 4.69) is 22.1 Å². The molecule has 3 rings (SSSR count). The number of ether oxygens (including phenoxy) is 1. The molecule has 0 bridgehead atoms. The molecular formula is C19H22ClN3O2. The molecule has 1 saturated heterocycles. The molecule has 2 aromatic rings. The summed E-state index contributed by atoms with van der Waals surface area (Å²) in [6.45, 7) is 4.34. The SMILES string of the molecule is CC1CCN(c2ccc(NC(=O)COc3ccc(Cl)cc3)nc2)CC1. The standard InChI is InChI=1S/C19H22ClN3O2/c1-14-8-10-23(11-9-14)16-4-7-18(21-12-16)22-19(24)13-25-17-5-2-15(20)3-6-17/h2-7,12,14H,8-11,13H2,1H3,(H,21,22,24). The van der Waals surface area contributed by atoms with Crippen molar-refractivity contribution in [3.8, 4) is 5.75 Å². The number of carbonyl (C=O) groups excluding carboxylic acids is 1. The molecule has 0 saturated carbocycles. The second-order valence-electron chi connectivity index (χ2n) is 6.36. The first-order valence-corrected chi connectivity index (χ1v) is 8.87. The fourth-order valence-electron chi connectivity index (χ4n) is 2.77. The Morgan fingerprint density at radius 3 is 2.60 bits per heavy atom. The van der Waals surface area contributed by atoms with Crippen LogP contribution < -0.4 is 15.0 Å². The number of benzene rings is 1. The maximum Gasteiger partial charge on any atom is 0.263 e. The number of nitrogens with zero attached hydrogens (tertiary/aromatic N) is 2. The molecule has 25 heavy (non-hydrogen) atoms. The molecule has 0 spiro atoms. The number of rotatable bonds is 5. The zero-order valence-corrected chi connectivity index (χ0v) is 15.0. The van der Waals surface area contributed by atoms with E-state index in [1.54, 1.807) is 24.3 Å². The van der Waals surface area contributed by atoms with Gasteiger partial charge >= 0.3 is 0 Å². The zero-order valence-electron chi connectivity index (χ0n) is 14.2. The summed E-state index contributed by atoms with van der Waals surface area (Å²) in [5.41, 5.74) is 1.10. The summed E-state index contributed by atoms with van der Waals surface area (Å²) in [6, 6.07) is 10.7.